The van der Waals surface area contributed by atoms with Crippen LogP contribution in [0.5, 0.6) is 0 Å². The molecule has 1 aliphatic heterocycles. The van der Waals surface area contributed by atoms with Crippen molar-refractivity contribution >= 4 is 5.91 Å². The van der Waals surface area contributed by atoms with Gasteiger partial charge in [0, 0.05) is 36.8 Å². The number of fused-ring (bicyclic) bond motifs is 1. The van der Waals surface area contributed by atoms with Crippen LogP contribution in [0.4, 0.5) is 8.78 Å². The molecule has 3 fully saturated rings. The lowest BCUT2D eigenvalue weighted by molar-refractivity contribution is -0.139. The number of nitrogens with zero attached hydrogens (tertiary/aromatic N) is 2. The molecule has 0 radical (unpaired) electrons. The summed E-state index contributed by atoms with van der Waals surface area (Å²) in [6.45, 7) is 1.60. The normalized spacial score (nSPS) is 24.0. The van der Waals surface area contributed by atoms with E-state index in [1.807, 2.05) is 14.1 Å². The molecule has 4 rings (SSSR count). The van der Waals surface area contributed by atoms with Gasteiger partial charge in [-0.2, -0.15) is 0 Å². The molecule has 1 N–H and O–H groups in total. The van der Waals surface area contributed by atoms with E-state index in [0.29, 0.717) is 36.7 Å². The standard InChI is InChI=1S/C21H28F2N2O.C2H7N/c22-17-8-7-16(19(23)12-17)13-24(18-9-10-18)14-21(26)25-11-3-5-15-4-1-2-6-20(15)25;1-3-2/h7-8,12,15,18,20H,1-6,9-11,13-14H2;3H,1-2H3. The van der Waals surface area contributed by atoms with Gasteiger partial charge < -0.3 is 10.2 Å². The molecule has 1 saturated heterocycles. The fraction of sp³-hybridized carbons (Fsp3) is 0.696. The summed E-state index contributed by atoms with van der Waals surface area (Å²) in [6.07, 6.45) is 9.36. The van der Waals surface area contributed by atoms with Gasteiger partial charge in [0.1, 0.15) is 11.6 Å². The molecular weight excluding hydrogens is 372 g/mol. The zero-order valence-corrected chi connectivity index (χ0v) is 17.8. The Balaban J connectivity index is 0.000000755. The number of hydrogen-bond acceptors (Lipinski definition) is 3. The highest BCUT2D eigenvalue weighted by atomic mass is 19.1. The average Bonchev–Trinajstić information content (AvgIpc) is 3.55. The molecule has 1 amide bonds. The van der Waals surface area contributed by atoms with Crippen molar-refractivity contribution in [1.29, 1.82) is 0 Å². The maximum Gasteiger partial charge on any atom is 0.237 e. The van der Waals surface area contributed by atoms with Crippen LogP contribution in [0.1, 0.15) is 56.9 Å². The highest BCUT2D eigenvalue weighted by Crippen LogP contribution is 2.36. The SMILES string of the molecule is CNC.O=C(CN(Cc1ccc(F)cc1F)C1CC1)N1CCCC2CCCCC21. The highest BCUT2D eigenvalue weighted by molar-refractivity contribution is 5.79. The maximum absolute atomic E-state index is 14.0. The molecule has 29 heavy (non-hydrogen) atoms. The smallest absolute Gasteiger partial charge is 0.237 e. The first-order valence-corrected chi connectivity index (χ1v) is 11.1. The first-order valence-electron chi connectivity index (χ1n) is 11.1. The van der Waals surface area contributed by atoms with Crippen LogP contribution >= 0.6 is 0 Å². The van der Waals surface area contributed by atoms with Crippen molar-refractivity contribution in [3.63, 3.8) is 0 Å². The first-order chi connectivity index (χ1) is 14.0. The third kappa shape index (κ3) is 5.98. The number of amides is 1. The summed E-state index contributed by atoms with van der Waals surface area (Å²) in [5.74, 6) is -0.216. The number of likely N-dealkylation sites (tertiary alicyclic amines) is 1. The fourth-order valence-electron chi connectivity index (χ4n) is 4.82. The van der Waals surface area contributed by atoms with Gasteiger partial charge in [-0.1, -0.05) is 18.9 Å². The Kier molecular flexibility index (Phi) is 8.01. The van der Waals surface area contributed by atoms with Gasteiger partial charge in [0.15, 0.2) is 0 Å². The summed E-state index contributed by atoms with van der Waals surface area (Å²) in [7, 11) is 3.75. The Morgan fingerprint density at radius 3 is 2.48 bits per heavy atom. The van der Waals surface area contributed by atoms with E-state index in [4.69, 9.17) is 0 Å². The number of carbonyl (C=O) groups excluding carboxylic acids is 1. The van der Waals surface area contributed by atoms with Crippen molar-refractivity contribution in [2.45, 2.75) is 70.0 Å². The second-order valence-electron chi connectivity index (χ2n) is 8.71. The molecule has 2 unspecified atom stereocenters. The third-order valence-corrected chi connectivity index (χ3v) is 6.35. The van der Waals surface area contributed by atoms with Gasteiger partial charge in [-0.15, -0.1) is 0 Å². The first kappa shape index (κ1) is 22.2. The Hall–Kier alpha value is -1.53. The quantitative estimate of drug-likeness (QED) is 0.803. The zero-order valence-electron chi connectivity index (χ0n) is 17.8. The van der Waals surface area contributed by atoms with Crippen molar-refractivity contribution in [3.05, 3.63) is 35.4 Å². The molecule has 1 heterocycles. The molecule has 2 aliphatic carbocycles. The minimum Gasteiger partial charge on any atom is -0.338 e. The van der Waals surface area contributed by atoms with Gasteiger partial charge in [-0.05, 0) is 64.6 Å². The minimum absolute atomic E-state index is 0.191. The van der Waals surface area contributed by atoms with Gasteiger partial charge in [0.25, 0.3) is 0 Å². The van der Waals surface area contributed by atoms with Crippen LogP contribution in [0.3, 0.4) is 0 Å². The summed E-state index contributed by atoms with van der Waals surface area (Å²) < 4.78 is 27.2. The molecule has 3 aliphatic rings. The number of benzene rings is 1. The Morgan fingerprint density at radius 1 is 1.10 bits per heavy atom. The van der Waals surface area contributed by atoms with E-state index in [2.05, 4.69) is 15.1 Å². The van der Waals surface area contributed by atoms with Crippen LogP contribution in [0.25, 0.3) is 0 Å². The van der Waals surface area contributed by atoms with Gasteiger partial charge in [-0.3, -0.25) is 9.69 Å². The molecule has 1 aromatic rings. The molecule has 1 aromatic carbocycles. The minimum atomic E-state index is -0.558. The van der Waals surface area contributed by atoms with E-state index < -0.39 is 11.6 Å². The van der Waals surface area contributed by atoms with Crippen molar-refractivity contribution in [3.8, 4) is 0 Å². The Bertz CT molecular complexity index is 678. The molecule has 0 spiro atoms. The van der Waals surface area contributed by atoms with Gasteiger partial charge in [0.05, 0.1) is 6.54 Å². The number of hydrogen-bond donors (Lipinski definition) is 1. The van der Waals surface area contributed by atoms with E-state index in [1.54, 1.807) is 0 Å². The molecule has 4 nitrogen and oxygen atoms in total. The van der Waals surface area contributed by atoms with Crippen LogP contribution in [-0.4, -0.2) is 55.0 Å². The number of nitrogens with one attached hydrogen (secondary N) is 1. The number of carbonyl (C=O) groups is 1. The van der Waals surface area contributed by atoms with E-state index in [9.17, 15) is 13.6 Å². The zero-order chi connectivity index (χ0) is 20.8. The lowest BCUT2D eigenvalue weighted by Gasteiger charge is -2.44. The van der Waals surface area contributed by atoms with Crippen molar-refractivity contribution in [2.24, 2.45) is 5.92 Å². The van der Waals surface area contributed by atoms with Crippen molar-refractivity contribution in [1.82, 2.24) is 15.1 Å². The van der Waals surface area contributed by atoms with Crippen LogP contribution in [-0.2, 0) is 11.3 Å². The summed E-state index contributed by atoms with van der Waals surface area (Å²) in [5, 5.41) is 2.75. The fourth-order valence-corrected chi connectivity index (χ4v) is 4.82. The summed E-state index contributed by atoms with van der Waals surface area (Å²) in [4.78, 5) is 17.3. The van der Waals surface area contributed by atoms with Gasteiger partial charge >= 0.3 is 0 Å². The Labute approximate surface area is 173 Å². The summed E-state index contributed by atoms with van der Waals surface area (Å²) in [6, 6.07) is 4.49. The van der Waals surface area contributed by atoms with Crippen LogP contribution in [0, 0.1) is 17.6 Å². The second kappa shape index (κ2) is 10.5. The van der Waals surface area contributed by atoms with Crippen LogP contribution in [0.15, 0.2) is 18.2 Å². The lowest BCUT2D eigenvalue weighted by Crippen LogP contribution is -2.52. The second-order valence-corrected chi connectivity index (χ2v) is 8.71. The van der Waals surface area contributed by atoms with Crippen LogP contribution < -0.4 is 5.32 Å². The monoisotopic (exact) mass is 407 g/mol. The van der Waals surface area contributed by atoms with Crippen LogP contribution in [0.2, 0.25) is 0 Å². The number of piperidine rings is 1. The molecule has 6 heteroatoms. The molecule has 0 aromatic heterocycles. The lowest BCUT2D eigenvalue weighted by atomic mass is 9.78. The van der Waals surface area contributed by atoms with E-state index in [1.165, 1.54) is 37.8 Å². The van der Waals surface area contributed by atoms with E-state index in [-0.39, 0.29) is 5.91 Å². The molecule has 0 bridgehead atoms. The Morgan fingerprint density at radius 2 is 1.79 bits per heavy atom. The highest BCUT2D eigenvalue weighted by Gasteiger charge is 2.38. The third-order valence-electron chi connectivity index (χ3n) is 6.35. The van der Waals surface area contributed by atoms with Gasteiger partial charge in [-0.25, -0.2) is 8.78 Å². The topological polar surface area (TPSA) is 35.6 Å². The predicted molar refractivity (Wildman–Crippen MR) is 111 cm³/mol. The molecule has 162 valence electrons. The van der Waals surface area contributed by atoms with Gasteiger partial charge in [0.2, 0.25) is 5.91 Å². The summed E-state index contributed by atoms with van der Waals surface area (Å²) in [5.41, 5.74) is 0.472. The number of halogens is 2. The van der Waals surface area contributed by atoms with Crippen molar-refractivity contribution < 1.29 is 13.6 Å². The average molecular weight is 408 g/mol. The summed E-state index contributed by atoms with van der Waals surface area (Å²) >= 11 is 0. The van der Waals surface area contributed by atoms with E-state index in [0.717, 1.165) is 38.3 Å². The molecule has 2 saturated carbocycles. The molecular formula is C23H35F2N3O. The molecule has 2 atom stereocenters. The predicted octanol–water partition coefficient (Wildman–Crippen LogP) is 3.95. The maximum atomic E-state index is 14.0. The largest absolute Gasteiger partial charge is 0.338 e. The number of rotatable bonds is 5. The van der Waals surface area contributed by atoms with E-state index >= 15 is 0 Å². The van der Waals surface area contributed by atoms with Crippen molar-refractivity contribution in [2.75, 3.05) is 27.2 Å².